The molecule has 7 heteroatoms. The van der Waals surface area contributed by atoms with Gasteiger partial charge >= 0.3 is 6.18 Å². The zero-order valence-corrected chi connectivity index (χ0v) is 11.7. The number of halogens is 3. The van der Waals surface area contributed by atoms with Gasteiger partial charge in [-0.2, -0.15) is 23.3 Å². The molecule has 22 heavy (non-hydrogen) atoms. The second kappa shape index (κ2) is 5.40. The summed E-state index contributed by atoms with van der Waals surface area (Å²) in [5.41, 5.74) is 1.12. The highest BCUT2D eigenvalue weighted by atomic mass is 19.4. The molecular formula is C15H13F3N4. The molecule has 0 N–H and O–H groups in total. The van der Waals surface area contributed by atoms with Crippen molar-refractivity contribution < 1.29 is 13.2 Å². The lowest BCUT2D eigenvalue weighted by Gasteiger charge is -2.14. The SMILES string of the molecule is CC(Cc1ccnc2ncnn12)c1ccc(C(F)(F)F)cc1. The number of benzene rings is 1. The first-order valence-electron chi connectivity index (χ1n) is 6.76. The topological polar surface area (TPSA) is 43.1 Å². The molecule has 0 aliphatic carbocycles. The molecule has 0 aliphatic rings. The number of rotatable bonds is 3. The predicted molar refractivity (Wildman–Crippen MR) is 74.3 cm³/mol. The van der Waals surface area contributed by atoms with Crippen molar-refractivity contribution in [3.8, 4) is 0 Å². The van der Waals surface area contributed by atoms with Crippen LogP contribution in [0.4, 0.5) is 13.2 Å². The molecule has 114 valence electrons. The molecule has 0 radical (unpaired) electrons. The maximum Gasteiger partial charge on any atom is 0.416 e. The molecule has 1 atom stereocenters. The van der Waals surface area contributed by atoms with Crippen molar-refractivity contribution in [2.24, 2.45) is 0 Å². The number of aromatic nitrogens is 4. The first-order chi connectivity index (χ1) is 10.4. The largest absolute Gasteiger partial charge is 0.416 e. The number of fused-ring (bicyclic) bond motifs is 1. The second-order valence-corrected chi connectivity index (χ2v) is 5.13. The second-order valence-electron chi connectivity index (χ2n) is 5.13. The van der Waals surface area contributed by atoms with E-state index in [0.717, 1.165) is 23.4 Å². The number of alkyl halides is 3. The van der Waals surface area contributed by atoms with Crippen molar-refractivity contribution in [3.63, 3.8) is 0 Å². The van der Waals surface area contributed by atoms with Gasteiger partial charge in [0.15, 0.2) is 0 Å². The normalized spacial score (nSPS) is 13.5. The Balaban J connectivity index is 1.82. The molecule has 4 nitrogen and oxygen atoms in total. The van der Waals surface area contributed by atoms with Gasteiger partial charge < -0.3 is 0 Å². The molecule has 3 aromatic rings. The highest BCUT2D eigenvalue weighted by molar-refractivity contribution is 5.30. The first-order valence-corrected chi connectivity index (χ1v) is 6.76. The Labute approximate surface area is 124 Å². The fraction of sp³-hybridized carbons (Fsp3) is 0.267. The minimum atomic E-state index is -4.31. The Morgan fingerprint density at radius 2 is 1.82 bits per heavy atom. The van der Waals surface area contributed by atoms with Crippen LogP contribution in [0.3, 0.4) is 0 Å². The summed E-state index contributed by atoms with van der Waals surface area (Å²) in [6.45, 7) is 1.96. The van der Waals surface area contributed by atoms with E-state index in [9.17, 15) is 13.2 Å². The third kappa shape index (κ3) is 2.79. The maximum atomic E-state index is 12.6. The lowest BCUT2D eigenvalue weighted by molar-refractivity contribution is -0.137. The van der Waals surface area contributed by atoms with Gasteiger partial charge in [-0.05, 0) is 36.1 Å². The summed E-state index contributed by atoms with van der Waals surface area (Å²) in [7, 11) is 0. The van der Waals surface area contributed by atoms with E-state index in [-0.39, 0.29) is 5.92 Å². The fourth-order valence-electron chi connectivity index (χ4n) is 2.37. The van der Waals surface area contributed by atoms with Gasteiger partial charge in [0.05, 0.1) is 5.56 Å². The molecule has 1 unspecified atom stereocenters. The van der Waals surface area contributed by atoms with Crippen LogP contribution in [-0.2, 0) is 12.6 Å². The van der Waals surface area contributed by atoms with E-state index in [0.29, 0.717) is 12.2 Å². The quantitative estimate of drug-likeness (QED) is 0.744. The molecule has 0 saturated carbocycles. The molecule has 0 amide bonds. The summed E-state index contributed by atoms with van der Waals surface area (Å²) in [4.78, 5) is 8.10. The average Bonchev–Trinajstić information content (AvgIpc) is 2.96. The maximum absolute atomic E-state index is 12.6. The van der Waals surface area contributed by atoms with Crippen LogP contribution in [0.5, 0.6) is 0 Å². The van der Waals surface area contributed by atoms with Crippen LogP contribution in [0.25, 0.3) is 5.78 Å². The van der Waals surface area contributed by atoms with Crippen LogP contribution in [0.1, 0.15) is 29.7 Å². The van der Waals surface area contributed by atoms with E-state index in [2.05, 4.69) is 15.1 Å². The zero-order valence-electron chi connectivity index (χ0n) is 11.7. The van der Waals surface area contributed by atoms with Gasteiger partial charge in [-0.1, -0.05) is 19.1 Å². The number of hydrogen-bond acceptors (Lipinski definition) is 3. The lowest BCUT2D eigenvalue weighted by Crippen LogP contribution is -2.07. The van der Waals surface area contributed by atoms with E-state index >= 15 is 0 Å². The van der Waals surface area contributed by atoms with E-state index in [4.69, 9.17) is 0 Å². The van der Waals surface area contributed by atoms with E-state index in [1.54, 1.807) is 10.7 Å². The van der Waals surface area contributed by atoms with Gasteiger partial charge in [0, 0.05) is 11.9 Å². The third-order valence-electron chi connectivity index (χ3n) is 3.58. The van der Waals surface area contributed by atoms with Gasteiger partial charge in [-0.25, -0.2) is 9.50 Å². The summed E-state index contributed by atoms with van der Waals surface area (Å²) >= 11 is 0. The Morgan fingerprint density at radius 1 is 1.09 bits per heavy atom. The molecule has 0 bridgehead atoms. The fourth-order valence-corrected chi connectivity index (χ4v) is 2.37. The Morgan fingerprint density at radius 3 is 2.50 bits per heavy atom. The molecule has 0 fully saturated rings. The van der Waals surface area contributed by atoms with Crippen LogP contribution in [0.2, 0.25) is 0 Å². The van der Waals surface area contributed by atoms with Crippen molar-refractivity contribution in [1.29, 1.82) is 0 Å². The Hall–Kier alpha value is -2.44. The molecule has 0 aliphatic heterocycles. The predicted octanol–water partition coefficient (Wildman–Crippen LogP) is 3.49. The van der Waals surface area contributed by atoms with Gasteiger partial charge in [0.25, 0.3) is 5.78 Å². The van der Waals surface area contributed by atoms with E-state index < -0.39 is 11.7 Å². The van der Waals surface area contributed by atoms with Crippen molar-refractivity contribution in [3.05, 3.63) is 59.7 Å². The highest BCUT2D eigenvalue weighted by Crippen LogP contribution is 2.30. The van der Waals surface area contributed by atoms with E-state index in [1.807, 2.05) is 13.0 Å². The van der Waals surface area contributed by atoms with Gasteiger partial charge in [0.1, 0.15) is 6.33 Å². The standard InChI is InChI=1S/C15H13F3N4/c1-10(11-2-4-12(5-3-11)15(16,17)18)8-13-6-7-19-14-20-9-21-22(13)14/h2-7,9-10H,8H2,1H3. The van der Waals surface area contributed by atoms with Gasteiger partial charge in [-0.15, -0.1) is 0 Å². The highest BCUT2D eigenvalue weighted by Gasteiger charge is 2.30. The zero-order chi connectivity index (χ0) is 15.7. The lowest BCUT2D eigenvalue weighted by atomic mass is 9.95. The Bertz CT molecular complexity index is 777. The van der Waals surface area contributed by atoms with Crippen molar-refractivity contribution in [1.82, 2.24) is 19.6 Å². The molecule has 0 saturated heterocycles. The minimum Gasteiger partial charge on any atom is -0.220 e. The molecule has 2 aromatic heterocycles. The molecule has 2 heterocycles. The number of nitrogens with zero attached hydrogens (tertiary/aromatic N) is 4. The van der Waals surface area contributed by atoms with Gasteiger partial charge in [-0.3, -0.25) is 0 Å². The average molecular weight is 306 g/mol. The molecule has 1 aromatic carbocycles. The van der Waals surface area contributed by atoms with Gasteiger partial charge in [0.2, 0.25) is 0 Å². The molecule has 0 spiro atoms. The summed E-state index contributed by atoms with van der Waals surface area (Å²) in [6, 6.07) is 7.11. The van der Waals surface area contributed by atoms with Crippen molar-refractivity contribution in [2.45, 2.75) is 25.4 Å². The summed E-state index contributed by atoms with van der Waals surface area (Å²) in [6.07, 6.45) is -0.596. The smallest absolute Gasteiger partial charge is 0.220 e. The van der Waals surface area contributed by atoms with Crippen LogP contribution in [-0.4, -0.2) is 19.6 Å². The minimum absolute atomic E-state index is 0.0529. The van der Waals surface area contributed by atoms with E-state index in [1.165, 1.54) is 18.5 Å². The third-order valence-corrected chi connectivity index (χ3v) is 3.58. The van der Waals surface area contributed by atoms with Crippen LogP contribution < -0.4 is 0 Å². The monoisotopic (exact) mass is 306 g/mol. The van der Waals surface area contributed by atoms with Crippen LogP contribution >= 0.6 is 0 Å². The summed E-state index contributed by atoms with van der Waals surface area (Å²) in [5, 5.41) is 4.11. The number of hydrogen-bond donors (Lipinski definition) is 0. The first kappa shape index (κ1) is 14.5. The Kier molecular flexibility index (Phi) is 3.56. The van der Waals surface area contributed by atoms with Crippen molar-refractivity contribution >= 4 is 5.78 Å². The molecular weight excluding hydrogens is 293 g/mol. The van der Waals surface area contributed by atoms with Crippen LogP contribution in [0, 0.1) is 0 Å². The summed E-state index contributed by atoms with van der Waals surface area (Å²) < 4.78 is 39.4. The summed E-state index contributed by atoms with van der Waals surface area (Å²) in [5.74, 6) is 0.564. The van der Waals surface area contributed by atoms with Crippen LogP contribution in [0.15, 0.2) is 42.9 Å². The van der Waals surface area contributed by atoms with Crippen molar-refractivity contribution in [2.75, 3.05) is 0 Å². The molecule has 3 rings (SSSR count).